The predicted octanol–water partition coefficient (Wildman–Crippen LogP) is 4.06. The van der Waals surface area contributed by atoms with Crippen LogP contribution in [0, 0.1) is 23.7 Å². The quantitative estimate of drug-likeness (QED) is 0.135. The summed E-state index contributed by atoms with van der Waals surface area (Å²) >= 11 is 0. The van der Waals surface area contributed by atoms with Gasteiger partial charge in [0.1, 0.15) is 18.1 Å². The number of aliphatic hydroxyl groups excluding tert-OH is 3. The van der Waals surface area contributed by atoms with Gasteiger partial charge in [0.05, 0.1) is 30.2 Å². The number of hydrogen-bond acceptors (Lipinski definition) is 8. The highest BCUT2D eigenvalue weighted by molar-refractivity contribution is 6.05. The van der Waals surface area contributed by atoms with Gasteiger partial charge in [0.2, 0.25) is 11.8 Å². The van der Waals surface area contributed by atoms with Crippen LogP contribution in [0.1, 0.15) is 76.0 Å². The van der Waals surface area contributed by atoms with Crippen LogP contribution >= 0.6 is 0 Å². The summed E-state index contributed by atoms with van der Waals surface area (Å²) < 4.78 is 5.66. The standard InChI is InChI=1S/C33H42N2O8/c1-20(2)24-17-25-31(33(42)35(32(25)41)15-7-3-4-9-29(39)40)26(19-37)30(24)28(38)13-10-21(27-8-5-6-14-34-27)16-22-11-12-23(18-36)43-22/h5-6,8,11-12,14,16,20,25-26,28,31,36-38H,3-4,7,9-10,13,15,17-19H2,1-2H3,(H,39,40)/b21-16-/t25-,26+,28-,31-/m1/s1. The Bertz CT molecular complexity index is 1350. The van der Waals surface area contributed by atoms with E-state index in [4.69, 9.17) is 9.52 Å². The number of aliphatic hydroxyl groups is 3. The first-order valence-corrected chi connectivity index (χ1v) is 15.1. The first-order chi connectivity index (χ1) is 20.7. The number of carboxylic acids is 1. The van der Waals surface area contributed by atoms with Crippen LogP contribution < -0.4 is 0 Å². The molecule has 0 radical (unpaired) electrons. The number of amides is 2. The lowest BCUT2D eigenvalue weighted by molar-refractivity contribution is -0.141. The Morgan fingerprint density at radius 3 is 2.51 bits per heavy atom. The smallest absolute Gasteiger partial charge is 0.303 e. The van der Waals surface area contributed by atoms with Crippen molar-refractivity contribution in [3.8, 4) is 0 Å². The summed E-state index contributed by atoms with van der Waals surface area (Å²) in [7, 11) is 0. The lowest BCUT2D eigenvalue weighted by Gasteiger charge is -2.38. The van der Waals surface area contributed by atoms with Crippen LogP contribution in [0.3, 0.4) is 0 Å². The topological polar surface area (TPSA) is 161 Å². The molecule has 4 N–H and O–H groups in total. The van der Waals surface area contributed by atoms with Gasteiger partial charge in [-0.1, -0.05) is 31.9 Å². The molecule has 232 valence electrons. The number of hydrogen-bond donors (Lipinski definition) is 4. The summed E-state index contributed by atoms with van der Waals surface area (Å²) in [5.74, 6) is -2.47. The minimum absolute atomic E-state index is 0.00144. The molecule has 0 unspecified atom stereocenters. The number of pyridine rings is 1. The number of carbonyl (C=O) groups excluding carboxylic acids is 2. The van der Waals surface area contributed by atoms with Crippen molar-refractivity contribution in [3.05, 3.63) is 64.9 Å². The first kappa shape index (κ1) is 32.3. The molecule has 4 atom stereocenters. The Kier molecular flexibility index (Phi) is 11.1. The third-order valence-corrected chi connectivity index (χ3v) is 8.57. The fraction of sp³-hybridized carbons (Fsp3) is 0.515. The molecule has 0 bridgehead atoms. The predicted molar refractivity (Wildman–Crippen MR) is 159 cm³/mol. The molecule has 2 aliphatic rings. The normalized spacial score (nSPS) is 21.6. The molecular weight excluding hydrogens is 552 g/mol. The van der Waals surface area contributed by atoms with Gasteiger partial charge in [0.15, 0.2) is 0 Å². The van der Waals surface area contributed by atoms with E-state index in [2.05, 4.69) is 4.98 Å². The Morgan fingerprint density at radius 2 is 1.88 bits per heavy atom. The van der Waals surface area contributed by atoms with Gasteiger partial charge in [0.25, 0.3) is 0 Å². The van der Waals surface area contributed by atoms with Crippen molar-refractivity contribution in [1.29, 1.82) is 0 Å². The van der Waals surface area contributed by atoms with Gasteiger partial charge < -0.3 is 24.8 Å². The average molecular weight is 595 g/mol. The van der Waals surface area contributed by atoms with Gasteiger partial charge in [-0.05, 0) is 79.5 Å². The molecule has 1 fully saturated rings. The maximum Gasteiger partial charge on any atom is 0.303 e. The molecule has 0 saturated carbocycles. The van der Waals surface area contributed by atoms with Crippen molar-refractivity contribution in [2.45, 2.75) is 71.5 Å². The van der Waals surface area contributed by atoms with Crippen LogP contribution in [-0.4, -0.2) is 67.3 Å². The molecule has 10 nitrogen and oxygen atoms in total. The van der Waals surface area contributed by atoms with Gasteiger partial charge in [0, 0.05) is 25.1 Å². The van der Waals surface area contributed by atoms with E-state index >= 15 is 0 Å². The lowest BCUT2D eigenvalue weighted by Crippen LogP contribution is -2.40. The van der Waals surface area contributed by atoms with E-state index in [0.29, 0.717) is 61.3 Å². The molecule has 3 heterocycles. The van der Waals surface area contributed by atoms with Gasteiger partial charge in [-0.15, -0.1) is 0 Å². The average Bonchev–Trinajstić information content (AvgIpc) is 3.55. The van der Waals surface area contributed by atoms with Crippen molar-refractivity contribution >= 4 is 29.4 Å². The van der Waals surface area contributed by atoms with Gasteiger partial charge in [-0.2, -0.15) is 0 Å². The molecule has 1 aliphatic heterocycles. The number of unbranched alkanes of at least 4 members (excludes halogenated alkanes) is 2. The molecule has 2 aromatic heterocycles. The molecule has 2 aromatic rings. The molecule has 43 heavy (non-hydrogen) atoms. The Labute approximate surface area is 251 Å². The van der Waals surface area contributed by atoms with Crippen molar-refractivity contribution < 1.29 is 39.2 Å². The van der Waals surface area contributed by atoms with Crippen molar-refractivity contribution in [2.24, 2.45) is 23.7 Å². The number of fused-ring (bicyclic) bond motifs is 1. The van der Waals surface area contributed by atoms with E-state index in [1.54, 1.807) is 18.3 Å². The summed E-state index contributed by atoms with van der Waals surface area (Å²) in [6, 6.07) is 9.01. The zero-order valence-corrected chi connectivity index (χ0v) is 24.8. The third kappa shape index (κ3) is 7.49. The van der Waals surface area contributed by atoms with E-state index in [-0.39, 0.29) is 43.9 Å². The Hall–Kier alpha value is -3.60. The number of carboxylic acid groups (broad SMARTS) is 1. The fourth-order valence-corrected chi connectivity index (χ4v) is 6.46. The number of rotatable bonds is 15. The summed E-state index contributed by atoms with van der Waals surface area (Å²) in [5.41, 5.74) is 3.08. The molecule has 0 spiro atoms. The van der Waals surface area contributed by atoms with Crippen LogP contribution in [0.5, 0.6) is 0 Å². The molecule has 1 saturated heterocycles. The van der Waals surface area contributed by atoms with Gasteiger partial charge in [-0.25, -0.2) is 0 Å². The number of carbonyl (C=O) groups is 3. The summed E-state index contributed by atoms with van der Waals surface area (Å²) in [4.78, 5) is 43.5. The second kappa shape index (κ2) is 14.7. The highest BCUT2D eigenvalue weighted by Crippen LogP contribution is 2.48. The second-order valence-electron chi connectivity index (χ2n) is 11.7. The number of allylic oxidation sites excluding steroid dienone is 2. The molecule has 0 aromatic carbocycles. The van der Waals surface area contributed by atoms with E-state index in [1.165, 1.54) is 4.90 Å². The van der Waals surface area contributed by atoms with Crippen LogP contribution in [0.4, 0.5) is 0 Å². The monoisotopic (exact) mass is 594 g/mol. The number of nitrogens with zero attached hydrogens (tertiary/aromatic N) is 2. The molecular formula is C33H42N2O8. The number of imide groups is 1. The van der Waals surface area contributed by atoms with E-state index < -0.39 is 29.8 Å². The Balaban J connectivity index is 1.55. The van der Waals surface area contributed by atoms with E-state index in [1.807, 2.05) is 38.1 Å². The van der Waals surface area contributed by atoms with E-state index in [9.17, 15) is 29.7 Å². The van der Waals surface area contributed by atoms with Gasteiger partial charge in [-0.3, -0.25) is 24.3 Å². The van der Waals surface area contributed by atoms with E-state index in [0.717, 1.165) is 11.1 Å². The zero-order chi connectivity index (χ0) is 31.1. The minimum atomic E-state index is -0.958. The van der Waals surface area contributed by atoms with Crippen LogP contribution in [-0.2, 0) is 21.0 Å². The number of aromatic nitrogens is 1. The largest absolute Gasteiger partial charge is 0.481 e. The van der Waals surface area contributed by atoms with Crippen LogP contribution in [0.15, 0.2) is 52.1 Å². The first-order valence-electron chi connectivity index (χ1n) is 15.1. The number of furan rings is 1. The van der Waals surface area contributed by atoms with Crippen molar-refractivity contribution in [1.82, 2.24) is 9.88 Å². The highest BCUT2D eigenvalue weighted by Gasteiger charge is 2.54. The maximum atomic E-state index is 13.6. The van der Waals surface area contributed by atoms with Crippen LogP contribution in [0.25, 0.3) is 11.6 Å². The number of aliphatic carboxylic acids is 1. The highest BCUT2D eigenvalue weighted by atomic mass is 16.4. The molecule has 4 rings (SSSR count). The number of likely N-dealkylation sites (tertiary alicyclic amines) is 1. The summed E-state index contributed by atoms with van der Waals surface area (Å²) in [6.07, 6.45) is 5.26. The molecule has 1 aliphatic carbocycles. The summed E-state index contributed by atoms with van der Waals surface area (Å²) in [6.45, 7) is 3.63. The SMILES string of the molecule is CC(C)C1=C([C@H](O)CC/C(=C/c2ccc(CO)o2)c2ccccn2)[C@H](CO)[C@@H]2C(=O)N(CCCCCC(=O)O)C(=O)[C@@H]2C1. The summed E-state index contributed by atoms with van der Waals surface area (Å²) in [5, 5.41) is 40.5. The second-order valence-corrected chi connectivity index (χ2v) is 11.7. The minimum Gasteiger partial charge on any atom is -0.481 e. The van der Waals surface area contributed by atoms with Crippen LogP contribution in [0.2, 0.25) is 0 Å². The lowest BCUT2D eigenvalue weighted by atomic mass is 9.66. The maximum absolute atomic E-state index is 13.6. The van der Waals surface area contributed by atoms with Crippen molar-refractivity contribution in [2.75, 3.05) is 13.2 Å². The van der Waals surface area contributed by atoms with Crippen molar-refractivity contribution in [3.63, 3.8) is 0 Å². The molecule has 2 amide bonds. The zero-order valence-electron chi connectivity index (χ0n) is 24.8. The van der Waals surface area contributed by atoms with Gasteiger partial charge >= 0.3 is 5.97 Å². The molecule has 10 heteroatoms. The third-order valence-electron chi connectivity index (χ3n) is 8.57. The Morgan fingerprint density at radius 1 is 1.09 bits per heavy atom. The fourth-order valence-electron chi connectivity index (χ4n) is 6.46.